The molecule has 0 aromatic heterocycles. The number of carbonyl (C=O) groups is 1. The summed E-state index contributed by atoms with van der Waals surface area (Å²) in [6.07, 6.45) is -1.14. The molecule has 0 spiro atoms. The van der Waals surface area contributed by atoms with Gasteiger partial charge in [0.1, 0.15) is 0 Å². The summed E-state index contributed by atoms with van der Waals surface area (Å²) in [6, 6.07) is 0.0862. The van der Waals surface area contributed by atoms with E-state index in [4.69, 9.17) is 5.11 Å². The third-order valence-corrected chi connectivity index (χ3v) is 4.02. The molecule has 4 nitrogen and oxygen atoms in total. The van der Waals surface area contributed by atoms with E-state index in [9.17, 15) is 9.90 Å². The van der Waals surface area contributed by atoms with Crippen molar-refractivity contribution in [3.05, 3.63) is 0 Å². The maximum absolute atomic E-state index is 10.5. The van der Waals surface area contributed by atoms with Crippen molar-refractivity contribution in [3.63, 3.8) is 0 Å². The second kappa shape index (κ2) is 2.22. The molecule has 2 aliphatic rings. The largest absolute Gasteiger partial charge is 0.465 e. The minimum Gasteiger partial charge on any atom is -0.465 e. The molecule has 2 fully saturated rings. The molecule has 1 saturated carbocycles. The van der Waals surface area contributed by atoms with Crippen LogP contribution in [0, 0.1) is 5.92 Å². The normalized spacial score (nSPS) is 47.3. The van der Waals surface area contributed by atoms with Gasteiger partial charge in [-0.25, -0.2) is 4.79 Å². The summed E-state index contributed by atoms with van der Waals surface area (Å²) >= 11 is 2.11. The molecule has 2 N–H and O–H groups in total. The minimum absolute atomic E-state index is 0.0862. The highest BCUT2D eigenvalue weighted by Gasteiger charge is 2.60. The number of alkyl halides is 1. The van der Waals surface area contributed by atoms with E-state index in [2.05, 4.69) is 22.6 Å². The number of nitrogens with zero attached hydrogens (tertiary/aromatic N) is 1. The van der Waals surface area contributed by atoms with Gasteiger partial charge in [0.2, 0.25) is 0 Å². The van der Waals surface area contributed by atoms with Crippen molar-refractivity contribution in [1.82, 2.24) is 4.90 Å². The van der Waals surface area contributed by atoms with Crippen LogP contribution in [0.4, 0.5) is 4.79 Å². The van der Waals surface area contributed by atoms with E-state index in [-0.39, 0.29) is 22.0 Å². The van der Waals surface area contributed by atoms with Gasteiger partial charge >= 0.3 is 6.09 Å². The zero-order valence-corrected chi connectivity index (χ0v) is 7.80. The number of carboxylic acid groups (broad SMARTS) is 1. The molecular formula is C6H8INO3. The van der Waals surface area contributed by atoms with Gasteiger partial charge < -0.3 is 15.1 Å². The van der Waals surface area contributed by atoms with Crippen LogP contribution in [0.1, 0.15) is 0 Å². The van der Waals surface area contributed by atoms with Crippen LogP contribution in [0.2, 0.25) is 0 Å². The topological polar surface area (TPSA) is 60.8 Å². The molecule has 0 radical (unpaired) electrons. The van der Waals surface area contributed by atoms with Gasteiger partial charge in [-0.3, -0.25) is 0 Å². The number of likely N-dealkylation sites (tertiary alicyclic amines) is 1. The van der Waals surface area contributed by atoms with Crippen LogP contribution in [-0.2, 0) is 0 Å². The summed E-state index contributed by atoms with van der Waals surface area (Å²) in [5.41, 5.74) is 0. The molecule has 4 unspecified atom stereocenters. The van der Waals surface area contributed by atoms with E-state index < -0.39 is 6.09 Å². The van der Waals surface area contributed by atoms with Crippen LogP contribution in [-0.4, -0.2) is 43.8 Å². The van der Waals surface area contributed by atoms with Crippen molar-refractivity contribution in [3.8, 4) is 0 Å². The molecule has 62 valence electrons. The number of aliphatic hydroxyl groups excluding tert-OH is 1. The Morgan fingerprint density at radius 2 is 2.27 bits per heavy atom. The van der Waals surface area contributed by atoms with Gasteiger partial charge in [0, 0.05) is 12.5 Å². The molecule has 1 heterocycles. The number of amides is 1. The summed E-state index contributed by atoms with van der Waals surface area (Å²) < 4.78 is 0.0995. The lowest BCUT2D eigenvalue weighted by Crippen LogP contribution is -2.76. The summed E-state index contributed by atoms with van der Waals surface area (Å²) in [4.78, 5) is 11.9. The Hall–Kier alpha value is -0.0400. The average molecular weight is 269 g/mol. The second-order valence-corrected chi connectivity index (χ2v) is 4.46. The minimum atomic E-state index is -0.861. The first-order valence-electron chi connectivity index (χ1n) is 3.44. The lowest BCUT2D eigenvalue weighted by molar-refractivity contribution is -0.121. The zero-order valence-electron chi connectivity index (χ0n) is 5.64. The SMILES string of the molecule is O=C(O)N1CC2C(O)C(I)C21. The quantitative estimate of drug-likeness (QED) is 0.486. The lowest BCUT2D eigenvalue weighted by atomic mass is 9.69. The van der Waals surface area contributed by atoms with Crippen LogP contribution in [0.5, 0.6) is 0 Å². The predicted molar refractivity (Wildman–Crippen MR) is 45.8 cm³/mol. The molecular weight excluding hydrogens is 261 g/mol. The van der Waals surface area contributed by atoms with Gasteiger partial charge in [-0.05, 0) is 0 Å². The smallest absolute Gasteiger partial charge is 0.407 e. The molecule has 0 aromatic carbocycles. The van der Waals surface area contributed by atoms with E-state index in [1.165, 1.54) is 4.90 Å². The molecule has 5 heteroatoms. The van der Waals surface area contributed by atoms with Crippen molar-refractivity contribution in [2.24, 2.45) is 5.92 Å². The van der Waals surface area contributed by atoms with Crippen LogP contribution in [0.3, 0.4) is 0 Å². The molecule has 0 aromatic rings. The Morgan fingerprint density at radius 3 is 2.73 bits per heavy atom. The van der Waals surface area contributed by atoms with Crippen LogP contribution < -0.4 is 0 Å². The average Bonchev–Trinajstić information content (AvgIpc) is 1.85. The maximum atomic E-state index is 10.5. The second-order valence-electron chi connectivity index (χ2n) is 3.02. The Labute approximate surface area is 77.3 Å². The van der Waals surface area contributed by atoms with Crippen molar-refractivity contribution in [1.29, 1.82) is 0 Å². The summed E-state index contributed by atoms with van der Waals surface area (Å²) in [7, 11) is 0. The lowest BCUT2D eigenvalue weighted by Gasteiger charge is -2.60. The first-order chi connectivity index (χ1) is 5.13. The Bertz CT molecular complexity index is 204. The van der Waals surface area contributed by atoms with Crippen molar-refractivity contribution in [2.75, 3.05) is 6.54 Å². The monoisotopic (exact) mass is 269 g/mol. The fourth-order valence-electron chi connectivity index (χ4n) is 1.77. The van der Waals surface area contributed by atoms with Gasteiger partial charge in [0.05, 0.1) is 16.1 Å². The Kier molecular flexibility index (Phi) is 1.54. The fourth-order valence-corrected chi connectivity index (χ4v) is 3.22. The molecule has 1 aliphatic heterocycles. The third-order valence-electron chi connectivity index (χ3n) is 2.54. The van der Waals surface area contributed by atoms with Crippen LogP contribution in [0.25, 0.3) is 0 Å². The highest BCUT2D eigenvalue weighted by molar-refractivity contribution is 14.1. The summed E-state index contributed by atoms with van der Waals surface area (Å²) in [6.45, 7) is 0.515. The number of rotatable bonds is 0. The van der Waals surface area contributed by atoms with Gasteiger partial charge in [-0.1, -0.05) is 22.6 Å². The van der Waals surface area contributed by atoms with E-state index in [0.29, 0.717) is 6.54 Å². The first-order valence-corrected chi connectivity index (χ1v) is 4.69. The van der Waals surface area contributed by atoms with Crippen molar-refractivity contribution in [2.45, 2.75) is 16.1 Å². The predicted octanol–water partition coefficient (Wildman–Crippen LogP) is 0.143. The standard InChI is InChI=1S/C6H8INO3/c7-3-4-2(5(3)9)1-8(4)6(10)11/h2-5,9H,1H2,(H,10,11). The van der Waals surface area contributed by atoms with Crippen molar-refractivity contribution >= 4 is 28.7 Å². The van der Waals surface area contributed by atoms with E-state index in [1.807, 2.05) is 0 Å². The third kappa shape index (κ3) is 0.807. The highest BCUT2D eigenvalue weighted by Crippen LogP contribution is 2.46. The molecule has 11 heavy (non-hydrogen) atoms. The first kappa shape index (κ1) is 7.60. The fraction of sp³-hybridized carbons (Fsp3) is 0.833. The van der Waals surface area contributed by atoms with Gasteiger partial charge in [0.25, 0.3) is 0 Å². The molecule has 1 amide bonds. The zero-order chi connectivity index (χ0) is 8.17. The summed E-state index contributed by atoms with van der Waals surface area (Å²) in [5.74, 6) is 0.216. The number of aliphatic hydroxyl groups is 1. The molecule has 2 rings (SSSR count). The molecule has 0 bridgehead atoms. The number of piperidine rings is 1. The molecule has 4 atom stereocenters. The number of halogens is 1. The number of fused-ring (bicyclic) bond motifs is 1. The molecule has 1 saturated heterocycles. The number of hydrogen-bond acceptors (Lipinski definition) is 2. The maximum Gasteiger partial charge on any atom is 0.407 e. The van der Waals surface area contributed by atoms with E-state index in [1.54, 1.807) is 0 Å². The van der Waals surface area contributed by atoms with E-state index >= 15 is 0 Å². The van der Waals surface area contributed by atoms with Gasteiger partial charge in [-0.15, -0.1) is 0 Å². The van der Waals surface area contributed by atoms with Gasteiger partial charge in [-0.2, -0.15) is 0 Å². The van der Waals surface area contributed by atoms with Crippen molar-refractivity contribution < 1.29 is 15.0 Å². The molecule has 1 aliphatic carbocycles. The van der Waals surface area contributed by atoms with E-state index in [0.717, 1.165) is 0 Å². The Balaban J connectivity index is 2.01. The highest BCUT2D eigenvalue weighted by atomic mass is 127. The summed E-state index contributed by atoms with van der Waals surface area (Å²) in [5, 5.41) is 17.9. The van der Waals surface area contributed by atoms with Crippen LogP contribution in [0.15, 0.2) is 0 Å². The van der Waals surface area contributed by atoms with Gasteiger partial charge in [0.15, 0.2) is 0 Å². The number of hydrogen-bond donors (Lipinski definition) is 2. The van der Waals surface area contributed by atoms with Crippen LogP contribution >= 0.6 is 22.6 Å². The Morgan fingerprint density at radius 1 is 1.64 bits per heavy atom.